The zero-order chi connectivity index (χ0) is 20.1. The van der Waals surface area contributed by atoms with Gasteiger partial charge in [0.15, 0.2) is 0 Å². The second-order valence-electron chi connectivity index (χ2n) is 8.07. The van der Waals surface area contributed by atoms with E-state index in [9.17, 15) is 9.59 Å². The molecule has 2 heterocycles. The lowest BCUT2D eigenvalue weighted by molar-refractivity contribution is -0.138. The van der Waals surface area contributed by atoms with Crippen molar-refractivity contribution in [1.29, 1.82) is 0 Å². The summed E-state index contributed by atoms with van der Waals surface area (Å²) in [4.78, 5) is 29.6. The number of nitrogens with one attached hydrogen (secondary N) is 1. The van der Waals surface area contributed by atoms with Gasteiger partial charge < -0.3 is 15.1 Å². The van der Waals surface area contributed by atoms with Crippen LogP contribution in [0.2, 0.25) is 0 Å². The van der Waals surface area contributed by atoms with Crippen molar-refractivity contribution in [3.63, 3.8) is 0 Å². The van der Waals surface area contributed by atoms with Crippen LogP contribution in [0.5, 0.6) is 0 Å². The molecule has 152 valence electrons. The minimum Gasteiger partial charge on any atom is -0.381 e. The van der Waals surface area contributed by atoms with Crippen molar-refractivity contribution in [2.75, 3.05) is 31.5 Å². The molecule has 0 spiro atoms. The van der Waals surface area contributed by atoms with Gasteiger partial charge in [-0.3, -0.25) is 9.59 Å². The first kappa shape index (κ1) is 19.5. The van der Waals surface area contributed by atoms with Crippen molar-refractivity contribution >= 4 is 17.5 Å². The Morgan fingerprint density at radius 2 is 1.45 bits per heavy atom. The normalized spacial score (nSPS) is 20.3. The summed E-state index contributed by atoms with van der Waals surface area (Å²) in [6.07, 6.45) is 3.62. The van der Waals surface area contributed by atoms with Crippen molar-refractivity contribution in [2.24, 2.45) is 5.92 Å². The average molecular weight is 392 g/mol. The molecule has 2 saturated heterocycles. The number of hydrogen-bond acceptors (Lipinski definition) is 3. The summed E-state index contributed by atoms with van der Waals surface area (Å²) in [6, 6.07) is 19.9. The summed E-state index contributed by atoms with van der Waals surface area (Å²) in [5.74, 6) is 0.364. The number of carbonyl (C=O) groups excluding carboxylic acids is 2. The molecule has 2 aromatic rings. The number of para-hydroxylation sites is 1. The fraction of sp³-hybridized carbons (Fsp3) is 0.417. The van der Waals surface area contributed by atoms with E-state index in [-0.39, 0.29) is 17.7 Å². The van der Waals surface area contributed by atoms with Crippen LogP contribution in [0.3, 0.4) is 0 Å². The zero-order valence-electron chi connectivity index (χ0n) is 16.8. The third-order valence-electron chi connectivity index (χ3n) is 6.03. The van der Waals surface area contributed by atoms with Gasteiger partial charge in [-0.15, -0.1) is 0 Å². The number of carbonyl (C=O) groups is 2. The summed E-state index contributed by atoms with van der Waals surface area (Å²) in [6.45, 7) is 2.92. The van der Waals surface area contributed by atoms with E-state index in [4.69, 9.17) is 0 Å². The molecule has 1 unspecified atom stereocenters. The van der Waals surface area contributed by atoms with Crippen LogP contribution in [0.4, 0.5) is 5.69 Å². The summed E-state index contributed by atoms with van der Waals surface area (Å²) >= 11 is 0. The predicted molar refractivity (Wildman–Crippen MR) is 115 cm³/mol. The van der Waals surface area contributed by atoms with Gasteiger partial charge in [0.2, 0.25) is 5.91 Å². The van der Waals surface area contributed by atoms with Crippen LogP contribution in [-0.2, 0) is 4.79 Å². The maximum Gasteiger partial charge on any atom is 0.253 e. The molecule has 2 amide bonds. The molecule has 1 atom stereocenters. The standard InChI is InChI=1S/C24H29N3O2/c28-23(19-8-3-1-4-9-19)26-16-13-20(14-17-26)24(29)27-15-7-12-22(18-27)25-21-10-5-2-6-11-21/h1-6,8-11,20,22,25H,7,12-18H2. The highest BCUT2D eigenvalue weighted by atomic mass is 16.2. The summed E-state index contributed by atoms with van der Waals surface area (Å²) in [5, 5.41) is 3.56. The molecule has 2 aromatic carbocycles. The third-order valence-corrected chi connectivity index (χ3v) is 6.03. The Morgan fingerprint density at radius 3 is 2.14 bits per heavy atom. The quantitative estimate of drug-likeness (QED) is 0.866. The summed E-state index contributed by atoms with van der Waals surface area (Å²) in [7, 11) is 0. The van der Waals surface area contributed by atoms with Gasteiger partial charge in [0.25, 0.3) is 5.91 Å². The average Bonchev–Trinajstić information content (AvgIpc) is 2.80. The SMILES string of the molecule is O=C(c1ccccc1)N1CCC(C(=O)N2CCCC(Nc3ccccc3)C2)CC1. The van der Waals surface area contributed by atoms with Gasteiger partial charge in [-0.25, -0.2) is 0 Å². The van der Waals surface area contributed by atoms with E-state index in [1.54, 1.807) is 0 Å². The van der Waals surface area contributed by atoms with Crippen LogP contribution in [-0.4, -0.2) is 53.8 Å². The predicted octanol–water partition coefficient (Wildman–Crippen LogP) is 3.64. The Balaban J connectivity index is 1.29. The number of hydrogen-bond donors (Lipinski definition) is 1. The van der Waals surface area contributed by atoms with E-state index in [0.29, 0.717) is 19.1 Å². The first-order valence-electron chi connectivity index (χ1n) is 10.7. The fourth-order valence-electron chi connectivity index (χ4n) is 4.42. The first-order valence-corrected chi connectivity index (χ1v) is 10.7. The Hall–Kier alpha value is -2.82. The number of amides is 2. The van der Waals surface area contributed by atoms with Crippen molar-refractivity contribution in [1.82, 2.24) is 9.80 Å². The van der Waals surface area contributed by atoms with Gasteiger partial charge >= 0.3 is 0 Å². The first-order chi connectivity index (χ1) is 14.2. The van der Waals surface area contributed by atoms with E-state index in [1.807, 2.05) is 58.3 Å². The van der Waals surface area contributed by atoms with E-state index in [1.165, 1.54) is 0 Å². The largest absolute Gasteiger partial charge is 0.381 e. The topological polar surface area (TPSA) is 52.7 Å². The zero-order valence-corrected chi connectivity index (χ0v) is 16.8. The Kier molecular flexibility index (Phi) is 6.13. The maximum atomic E-state index is 13.1. The lowest BCUT2D eigenvalue weighted by Gasteiger charge is -2.38. The van der Waals surface area contributed by atoms with Gasteiger partial charge in [0.1, 0.15) is 0 Å². The minimum atomic E-state index is 0.0327. The van der Waals surface area contributed by atoms with Gasteiger partial charge in [-0.1, -0.05) is 36.4 Å². The number of likely N-dealkylation sites (tertiary alicyclic amines) is 2. The molecule has 2 aliphatic rings. The Labute approximate surface area is 172 Å². The number of anilines is 1. The molecule has 0 saturated carbocycles. The minimum absolute atomic E-state index is 0.0327. The molecule has 5 nitrogen and oxygen atoms in total. The van der Waals surface area contributed by atoms with E-state index < -0.39 is 0 Å². The number of nitrogens with zero attached hydrogens (tertiary/aromatic N) is 2. The van der Waals surface area contributed by atoms with E-state index >= 15 is 0 Å². The smallest absolute Gasteiger partial charge is 0.253 e. The second-order valence-corrected chi connectivity index (χ2v) is 8.07. The van der Waals surface area contributed by atoms with Crippen LogP contribution >= 0.6 is 0 Å². The molecule has 2 fully saturated rings. The second kappa shape index (κ2) is 9.12. The molecule has 0 radical (unpaired) electrons. The number of rotatable bonds is 4. The van der Waals surface area contributed by atoms with E-state index in [2.05, 4.69) is 17.4 Å². The van der Waals surface area contributed by atoms with Crippen LogP contribution in [0.15, 0.2) is 60.7 Å². The fourth-order valence-corrected chi connectivity index (χ4v) is 4.42. The molecule has 1 N–H and O–H groups in total. The molecule has 0 aliphatic carbocycles. The van der Waals surface area contributed by atoms with Gasteiger partial charge in [-0.2, -0.15) is 0 Å². The van der Waals surface area contributed by atoms with Gasteiger partial charge in [0, 0.05) is 49.4 Å². The summed E-state index contributed by atoms with van der Waals surface area (Å²) < 4.78 is 0. The molecule has 4 rings (SSSR count). The van der Waals surface area contributed by atoms with Crippen LogP contribution in [0.25, 0.3) is 0 Å². The van der Waals surface area contributed by atoms with Crippen LogP contribution < -0.4 is 5.32 Å². The lowest BCUT2D eigenvalue weighted by Crippen LogP contribution is -2.49. The molecule has 29 heavy (non-hydrogen) atoms. The van der Waals surface area contributed by atoms with Crippen LogP contribution in [0, 0.1) is 5.92 Å². The van der Waals surface area contributed by atoms with Crippen molar-refractivity contribution in [2.45, 2.75) is 31.7 Å². The van der Waals surface area contributed by atoms with E-state index in [0.717, 1.165) is 50.0 Å². The highest BCUT2D eigenvalue weighted by Crippen LogP contribution is 2.24. The number of benzene rings is 2. The molecule has 0 aromatic heterocycles. The highest BCUT2D eigenvalue weighted by molar-refractivity contribution is 5.94. The molecule has 2 aliphatic heterocycles. The lowest BCUT2D eigenvalue weighted by atomic mass is 9.93. The Morgan fingerprint density at radius 1 is 0.793 bits per heavy atom. The van der Waals surface area contributed by atoms with Gasteiger partial charge in [-0.05, 0) is 49.9 Å². The Bertz CT molecular complexity index is 817. The maximum absolute atomic E-state index is 13.1. The monoisotopic (exact) mass is 391 g/mol. The van der Waals surface area contributed by atoms with Crippen LogP contribution in [0.1, 0.15) is 36.0 Å². The van der Waals surface area contributed by atoms with Crippen molar-refractivity contribution in [3.8, 4) is 0 Å². The third kappa shape index (κ3) is 4.78. The molecular formula is C24H29N3O2. The molecular weight excluding hydrogens is 362 g/mol. The van der Waals surface area contributed by atoms with Crippen molar-refractivity contribution < 1.29 is 9.59 Å². The van der Waals surface area contributed by atoms with Crippen molar-refractivity contribution in [3.05, 3.63) is 66.2 Å². The summed E-state index contributed by atoms with van der Waals surface area (Å²) in [5.41, 5.74) is 1.84. The number of piperidine rings is 2. The highest BCUT2D eigenvalue weighted by Gasteiger charge is 2.32. The molecule has 5 heteroatoms. The van der Waals surface area contributed by atoms with Gasteiger partial charge in [0.05, 0.1) is 0 Å². The molecule has 0 bridgehead atoms.